The van der Waals surface area contributed by atoms with Crippen LogP contribution in [0.5, 0.6) is 0 Å². The average molecular weight is 334 g/mol. The van der Waals surface area contributed by atoms with E-state index in [4.69, 9.17) is 0 Å². The zero-order valence-electron chi connectivity index (χ0n) is 13.5. The molecule has 0 fully saturated rings. The third kappa shape index (κ3) is 3.22. The number of rotatable bonds is 6. The molecule has 126 valence electrons. The van der Waals surface area contributed by atoms with Crippen LogP contribution >= 0.6 is 0 Å². The van der Waals surface area contributed by atoms with Crippen molar-refractivity contribution in [2.24, 2.45) is 0 Å². The molecule has 1 unspecified atom stereocenters. The molecule has 0 aliphatic carbocycles. The summed E-state index contributed by atoms with van der Waals surface area (Å²) < 4.78 is 1.64. The van der Waals surface area contributed by atoms with E-state index in [1.807, 2.05) is 36.7 Å². The first kappa shape index (κ1) is 15.3. The van der Waals surface area contributed by atoms with Gasteiger partial charge in [-0.2, -0.15) is 5.10 Å². The largest absolute Gasteiger partial charge is 0.394 e. The lowest BCUT2D eigenvalue weighted by molar-refractivity contribution is 0.273. The lowest BCUT2D eigenvalue weighted by Crippen LogP contribution is -2.27. The van der Waals surface area contributed by atoms with E-state index in [0.29, 0.717) is 18.1 Å². The maximum Gasteiger partial charge on any atom is 0.173 e. The molecule has 3 heterocycles. The Morgan fingerprint density at radius 1 is 1.20 bits per heavy atom. The second-order valence-electron chi connectivity index (χ2n) is 5.80. The number of fused-ring (bicyclic) bond motifs is 1. The molecule has 7 heteroatoms. The molecule has 25 heavy (non-hydrogen) atoms. The summed E-state index contributed by atoms with van der Waals surface area (Å²) in [4.78, 5) is 12.0. The normalized spacial score (nSPS) is 12.4. The number of hydrogen-bond donors (Lipinski definition) is 3. The van der Waals surface area contributed by atoms with Gasteiger partial charge in [-0.25, -0.2) is 9.67 Å². The van der Waals surface area contributed by atoms with Gasteiger partial charge in [0.05, 0.1) is 25.0 Å². The first-order valence-corrected chi connectivity index (χ1v) is 8.08. The predicted molar refractivity (Wildman–Crippen MR) is 95.7 cm³/mol. The SMILES string of the molecule is OCC(Cc1c[nH]c2ccccc12)Nc1cncc(-n2cccn2)n1. The van der Waals surface area contributed by atoms with Crippen molar-refractivity contribution < 1.29 is 5.11 Å². The Bertz CT molecular complexity index is 963. The van der Waals surface area contributed by atoms with E-state index in [-0.39, 0.29) is 12.6 Å². The minimum atomic E-state index is -0.165. The Hall–Kier alpha value is -3.19. The van der Waals surface area contributed by atoms with Crippen LogP contribution in [-0.4, -0.2) is 42.5 Å². The van der Waals surface area contributed by atoms with Crippen LogP contribution in [0.25, 0.3) is 16.7 Å². The van der Waals surface area contributed by atoms with Crippen molar-refractivity contribution >= 4 is 16.7 Å². The quantitative estimate of drug-likeness (QED) is 0.502. The fourth-order valence-electron chi connectivity index (χ4n) is 2.88. The molecular formula is C18H18N6O. The highest BCUT2D eigenvalue weighted by Crippen LogP contribution is 2.20. The van der Waals surface area contributed by atoms with Crippen molar-refractivity contribution in [2.75, 3.05) is 11.9 Å². The van der Waals surface area contributed by atoms with Gasteiger partial charge in [-0.1, -0.05) is 18.2 Å². The molecule has 0 saturated carbocycles. The Labute approximate surface area is 144 Å². The summed E-state index contributed by atoms with van der Waals surface area (Å²) in [5.41, 5.74) is 2.24. The summed E-state index contributed by atoms with van der Waals surface area (Å²) in [5, 5.41) is 18.3. The van der Waals surface area contributed by atoms with Crippen molar-refractivity contribution in [1.29, 1.82) is 0 Å². The van der Waals surface area contributed by atoms with Crippen LogP contribution in [0.1, 0.15) is 5.56 Å². The van der Waals surface area contributed by atoms with Gasteiger partial charge in [-0.05, 0) is 24.1 Å². The highest BCUT2D eigenvalue weighted by atomic mass is 16.3. The van der Waals surface area contributed by atoms with Gasteiger partial charge in [0.25, 0.3) is 0 Å². The average Bonchev–Trinajstić information content (AvgIpc) is 3.32. The van der Waals surface area contributed by atoms with E-state index in [1.165, 1.54) is 5.39 Å². The Balaban J connectivity index is 1.53. The van der Waals surface area contributed by atoms with Crippen LogP contribution in [0, 0.1) is 0 Å². The Morgan fingerprint density at radius 2 is 2.12 bits per heavy atom. The van der Waals surface area contributed by atoms with Crippen LogP contribution in [-0.2, 0) is 6.42 Å². The standard InChI is InChI=1S/C18H18N6O/c25-12-14(8-13-9-20-16-5-2-1-4-15(13)16)22-17-10-19-11-18(23-17)24-7-3-6-21-24/h1-7,9-11,14,20,25H,8,12H2,(H,22,23). The molecule has 3 aromatic heterocycles. The smallest absolute Gasteiger partial charge is 0.173 e. The van der Waals surface area contributed by atoms with Crippen molar-refractivity contribution in [3.63, 3.8) is 0 Å². The van der Waals surface area contributed by atoms with Crippen molar-refractivity contribution in [3.05, 3.63) is 66.9 Å². The van der Waals surface area contributed by atoms with E-state index in [0.717, 1.165) is 11.1 Å². The summed E-state index contributed by atoms with van der Waals surface area (Å²) >= 11 is 0. The maximum atomic E-state index is 9.77. The third-order valence-corrected chi connectivity index (χ3v) is 4.07. The summed E-state index contributed by atoms with van der Waals surface area (Å²) in [6.07, 6.45) is 9.45. The van der Waals surface area contributed by atoms with Gasteiger partial charge in [-0.3, -0.25) is 4.98 Å². The first-order valence-electron chi connectivity index (χ1n) is 8.08. The van der Waals surface area contributed by atoms with Gasteiger partial charge in [-0.15, -0.1) is 0 Å². The van der Waals surface area contributed by atoms with Gasteiger partial charge in [0, 0.05) is 29.5 Å². The molecule has 0 spiro atoms. The zero-order chi connectivity index (χ0) is 17.1. The van der Waals surface area contributed by atoms with E-state index < -0.39 is 0 Å². The highest BCUT2D eigenvalue weighted by molar-refractivity contribution is 5.83. The van der Waals surface area contributed by atoms with Gasteiger partial charge in [0.1, 0.15) is 5.82 Å². The molecule has 3 N–H and O–H groups in total. The van der Waals surface area contributed by atoms with E-state index in [2.05, 4.69) is 31.4 Å². The molecule has 0 aliphatic heterocycles. The zero-order valence-corrected chi connectivity index (χ0v) is 13.5. The molecule has 4 aromatic rings. The molecule has 1 atom stereocenters. The van der Waals surface area contributed by atoms with Crippen molar-refractivity contribution in [3.8, 4) is 5.82 Å². The number of anilines is 1. The van der Waals surface area contributed by atoms with Crippen molar-refractivity contribution in [1.82, 2.24) is 24.7 Å². The number of aromatic amines is 1. The summed E-state index contributed by atoms with van der Waals surface area (Å²) in [7, 11) is 0. The number of aromatic nitrogens is 5. The molecule has 7 nitrogen and oxygen atoms in total. The fourth-order valence-corrected chi connectivity index (χ4v) is 2.88. The van der Waals surface area contributed by atoms with Gasteiger partial charge in [0.2, 0.25) is 0 Å². The van der Waals surface area contributed by atoms with Crippen molar-refractivity contribution in [2.45, 2.75) is 12.5 Å². The van der Waals surface area contributed by atoms with Crippen LogP contribution in [0.2, 0.25) is 0 Å². The number of hydrogen-bond acceptors (Lipinski definition) is 5. The maximum absolute atomic E-state index is 9.77. The Kier molecular flexibility index (Phi) is 4.14. The number of nitrogens with one attached hydrogen (secondary N) is 2. The summed E-state index contributed by atoms with van der Waals surface area (Å²) in [6, 6.07) is 9.80. The molecular weight excluding hydrogens is 316 g/mol. The third-order valence-electron chi connectivity index (χ3n) is 4.07. The summed E-state index contributed by atoms with van der Waals surface area (Å²) in [6.45, 7) is -0.00676. The number of aliphatic hydroxyl groups is 1. The number of H-pyrrole nitrogens is 1. The minimum Gasteiger partial charge on any atom is -0.394 e. The van der Waals surface area contributed by atoms with Gasteiger partial charge < -0.3 is 15.4 Å². The Morgan fingerprint density at radius 3 is 2.96 bits per heavy atom. The number of para-hydroxylation sites is 1. The van der Waals surface area contributed by atoms with E-state index in [9.17, 15) is 5.11 Å². The summed E-state index contributed by atoms with van der Waals surface area (Å²) in [5.74, 6) is 1.23. The monoisotopic (exact) mass is 334 g/mol. The topological polar surface area (TPSA) is 91.7 Å². The molecule has 1 aromatic carbocycles. The lowest BCUT2D eigenvalue weighted by atomic mass is 10.1. The van der Waals surface area contributed by atoms with Crippen LogP contribution in [0.15, 0.2) is 61.3 Å². The van der Waals surface area contributed by atoms with Crippen LogP contribution < -0.4 is 5.32 Å². The number of nitrogens with zero attached hydrogens (tertiary/aromatic N) is 4. The van der Waals surface area contributed by atoms with Gasteiger partial charge in [0.15, 0.2) is 5.82 Å². The molecule has 4 rings (SSSR count). The second-order valence-corrected chi connectivity index (χ2v) is 5.80. The van der Waals surface area contributed by atoms with Crippen LogP contribution in [0.4, 0.5) is 5.82 Å². The fraction of sp³-hybridized carbons (Fsp3) is 0.167. The molecule has 0 aliphatic rings. The highest BCUT2D eigenvalue weighted by Gasteiger charge is 2.13. The minimum absolute atomic E-state index is 0.00676. The van der Waals surface area contributed by atoms with E-state index in [1.54, 1.807) is 23.3 Å². The first-order chi connectivity index (χ1) is 12.3. The molecule has 0 amide bonds. The number of aliphatic hydroxyl groups excluding tert-OH is 1. The predicted octanol–water partition coefficient (Wildman–Crippen LogP) is 2.16. The van der Waals surface area contributed by atoms with Gasteiger partial charge >= 0.3 is 0 Å². The second kappa shape index (κ2) is 6.74. The van der Waals surface area contributed by atoms with Crippen LogP contribution in [0.3, 0.4) is 0 Å². The molecule has 0 saturated heterocycles. The van der Waals surface area contributed by atoms with E-state index >= 15 is 0 Å². The number of benzene rings is 1. The molecule has 0 bridgehead atoms. The molecule has 0 radical (unpaired) electrons. The lowest BCUT2D eigenvalue weighted by Gasteiger charge is -2.16.